The summed E-state index contributed by atoms with van der Waals surface area (Å²) in [6.07, 6.45) is 0.198. The normalized spacial score (nSPS) is 20.6. The highest BCUT2D eigenvalue weighted by Crippen LogP contribution is 2.48. The molecule has 3 aromatic rings. The molecule has 3 heterocycles. The van der Waals surface area contributed by atoms with E-state index >= 15 is 0 Å². The summed E-state index contributed by atoms with van der Waals surface area (Å²) in [7, 11) is 0. The quantitative estimate of drug-likeness (QED) is 0.540. The van der Waals surface area contributed by atoms with Crippen LogP contribution in [0.1, 0.15) is 35.4 Å². The number of hydrogen-bond acceptors (Lipinski definition) is 6. The van der Waals surface area contributed by atoms with Gasteiger partial charge in [0.05, 0.1) is 11.8 Å². The van der Waals surface area contributed by atoms with Crippen molar-refractivity contribution < 1.29 is 27.7 Å². The minimum absolute atomic E-state index is 0.0138. The highest BCUT2D eigenvalue weighted by molar-refractivity contribution is 6.02. The second kappa shape index (κ2) is 7.95. The minimum Gasteiger partial charge on any atom is -0.486 e. The third kappa shape index (κ3) is 3.61. The van der Waals surface area contributed by atoms with Gasteiger partial charge in [0.15, 0.2) is 11.5 Å². The van der Waals surface area contributed by atoms with E-state index in [0.29, 0.717) is 25.4 Å². The van der Waals surface area contributed by atoms with Crippen LogP contribution in [0.4, 0.5) is 8.78 Å². The van der Waals surface area contributed by atoms with Crippen molar-refractivity contribution in [2.24, 2.45) is 5.10 Å². The van der Waals surface area contributed by atoms with Crippen molar-refractivity contribution in [3.05, 3.63) is 83.4 Å². The molecule has 0 N–H and O–H groups in total. The Bertz CT molecular complexity index is 1220. The molecule has 0 unspecified atom stereocenters. The van der Waals surface area contributed by atoms with E-state index in [2.05, 4.69) is 4.74 Å². The lowest BCUT2D eigenvalue weighted by atomic mass is 9.95. The highest BCUT2D eigenvalue weighted by Gasteiger charge is 2.41. The van der Waals surface area contributed by atoms with Gasteiger partial charge in [-0.2, -0.15) is 13.9 Å². The number of benzene rings is 3. The molecule has 2 atom stereocenters. The van der Waals surface area contributed by atoms with Crippen LogP contribution in [0.5, 0.6) is 23.0 Å². The van der Waals surface area contributed by atoms with Crippen LogP contribution in [-0.4, -0.2) is 30.5 Å². The zero-order valence-electron chi connectivity index (χ0n) is 17.5. The first-order chi connectivity index (χ1) is 16.2. The molecule has 0 aliphatic carbocycles. The van der Waals surface area contributed by atoms with Crippen LogP contribution in [0.25, 0.3) is 0 Å². The van der Waals surface area contributed by atoms with Gasteiger partial charge in [-0.15, -0.1) is 0 Å². The molecule has 6 rings (SSSR count). The topological polar surface area (TPSA) is 52.5 Å². The number of rotatable bonds is 4. The second-order valence-corrected chi connectivity index (χ2v) is 7.96. The molecule has 0 fully saturated rings. The van der Waals surface area contributed by atoms with E-state index in [-0.39, 0.29) is 11.8 Å². The lowest BCUT2D eigenvalue weighted by Gasteiger charge is -2.38. The molecule has 33 heavy (non-hydrogen) atoms. The number of hydrazone groups is 1. The van der Waals surface area contributed by atoms with E-state index in [4.69, 9.17) is 19.3 Å². The van der Waals surface area contributed by atoms with E-state index in [9.17, 15) is 8.78 Å². The molecule has 0 amide bonds. The minimum atomic E-state index is -2.87. The van der Waals surface area contributed by atoms with Crippen molar-refractivity contribution in [1.29, 1.82) is 0 Å². The summed E-state index contributed by atoms with van der Waals surface area (Å²) in [5, 5.41) is 6.88. The van der Waals surface area contributed by atoms with Crippen LogP contribution in [0.3, 0.4) is 0 Å². The van der Waals surface area contributed by atoms with E-state index < -0.39 is 12.8 Å². The maximum Gasteiger partial charge on any atom is 0.387 e. The molecule has 6 nitrogen and oxygen atoms in total. The summed E-state index contributed by atoms with van der Waals surface area (Å²) in [4.78, 5) is 0. The summed E-state index contributed by atoms with van der Waals surface area (Å²) in [5.41, 5.74) is 3.73. The van der Waals surface area contributed by atoms with E-state index in [0.717, 1.165) is 33.9 Å². The van der Waals surface area contributed by atoms with E-state index in [1.54, 1.807) is 12.1 Å². The standard InChI is InChI=1S/C25H20F2N2O4/c26-25(27)32-17-8-5-15(6-9-17)24-29-20(18-3-1-2-4-21(18)33-24)14-19(28-29)16-7-10-22-23(13-16)31-12-11-30-22/h1-10,13,20,24-25H,11-12,14H2/t20-,24+/m1/s1. The first kappa shape index (κ1) is 19.8. The van der Waals surface area contributed by atoms with Gasteiger partial charge in [-0.05, 0) is 48.5 Å². The number of fused-ring (bicyclic) bond motifs is 4. The first-order valence-electron chi connectivity index (χ1n) is 10.7. The van der Waals surface area contributed by atoms with E-state index in [1.807, 2.05) is 47.5 Å². The molecule has 0 bridgehead atoms. The predicted octanol–water partition coefficient (Wildman–Crippen LogP) is 5.30. The van der Waals surface area contributed by atoms with Gasteiger partial charge < -0.3 is 18.9 Å². The predicted molar refractivity (Wildman–Crippen MR) is 116 cm³/mol. The fourth-order valence-corrected chi connectivity index (χ4v) is 4.47. The highest BCUT2D eigenvalue weighted by atomic mass is 19.3. The van der Waals surface area contributed by atoms with Gasteiger partial charge in [-0.25, -0.2) is 5.01 Å². The van der Waals surface area contributed by atoms with Crippen molar-refractivity contribution in [1.82, 2.24) is 5.01 Å². The number of para-hydroxylation sites is 1. The second-order valence-electron chi connectivity index (χ2n) is 7.96. The molecular weight excluding hydrogens is 430 g/mol. The fourth-order valence-electron chi connectivity index (χ4n) is 4.47. The largest absolute Gasteiger partial charge is 0.486 e. The van der Waals surface area contributed by atoms with Crippen LogP contribution in [0.2, 0.25) is 0 Å². The van der Waals surface area contributed by atoms with Crippen molar-refractivity contribution >= 4 is 5.71 Å². The number of nitrogens with zero attached hydrogens (tertiary/aromatic N) is 2. The molecule has 3 aliphatic rings. The average molecular weight is 450 g/mol. The fraction of sp³-hybridized carbons (Fsp3) is 0.240. The smallest absolute Gasteiger partial charge is 0.387 e. The zero-order chi connectivity index (χ0) is 22.4. The molecule has 0 spiro atoms. The van der Waals surface area contributed by atoms with Crippen LogP contribution in [0.15, 0.2) is 71.8 Å². The lowest BCUT2D eigenvalue weighted by molar-refractivity contribution is -0.0499. The van der Waals surface area contributed by atoms with Gasteiger partial charge in [-0.3, -0.25) is 0 Å². The molecule has 3 aliphatic heterocycles. The third-order valence-corrected chi connectivity index (χ3v) is 5.96. The van der Waals surface area contributed by atoms with Crippen molar-refractivity contribution in [3.63, 3.8) is 0 Å². The van der Waals surface area contributed by atoms with Crippen molar-refractivity contribution in [3.8, 4) is 23.0 Å². The molecule has 3 aromatic carbocycles. The third-order valence-electron chi connectivity index (χ3n) is 5.96. The van der Waals surface area contributed by atoms with Gasteiger partial charge in [0.2, 0.25) is 6.23 Å². The maximum absolute atomic E-state index is 12.5. The maximum atomic E-state index is 12.5. The van der Waals surface area contributed by atoms with Crippen molar-refractivity contribution in [2.45, 2.75) is 25.3 Å². The van der Waals surface area contributed by atoms with Crippen LogP contribution in [-0.2, 0) is 0 Å². The Morgan fingerprint density at radius 2 is 1.70 bits per heavy atom. The molecule has 0 saturated heterocycles. The number of hydrogen-bond donors (Lipinski definition) is 0. The van der Waals surface area contributed by atoms with Crippen molar-refractivity contribution in [2.75, 3.05) is 13.2 Å². The Balaban J connectivity index is 1.36. The summed E-state index contributed by atoms with van der Waals surface area (Å²) in [6.45, 7) is -1.80. The first-order valence-corrected chi connectivity index (χ1v) is 10.7. The Kier molecular flexibility index (Phi) is 4.78. The SMILES string of the molecule is FC(F)Oc1ccc([C@@H]2Oc3ccccc3[C@H]3CC(c4ccc5c(c4)OCCO5)=NN32)cc1. The molecule has 0 radical (unpaired) electrons. The van der Waals surface area contributed by atoms with Crippen LogP contribution < -0.4 is 18.9 Å². The summed E-state index contributed by atoms with van der Waals surface area (Å²) in [5.74, 6) is 2.34. The Morgan fingerprint density at radius 1 is 0.909 bits per heavy atom. The summed E-state index contributed by atoms with van der Waals surface area (Å²) < 4.78 is 47.3. The van der Waals surface area contributed by atoms with Crippen LogP contribution in [0, 0.1) is 0 Å². The average Bonchev–Trinajstić information content (AvgIpc) is 3.29. The Hall–Kier alpha value is -3.81. The zero-order valence-corrected chi connectivity index (χ0v) is 17.5. The van der Waals surface area contributed by atoms with Gasteiger partial charge in [-0.1, -0.05) is 18.2 Å². The van der Waals surface area contributed by atoms with Gasteiger partial charge in [0.1, 0.15) is 24.7 Å². The van der Waals surface area contributed by atoms with Gasteiger partial charge in [0, 0.05) is 23.1 Å². The van der Waals surface area contributed by atoms with E-state index in [1.165, 1.54) is 12.1 Å². The summed E-state index contributed by atoms with van der Waals surface area (Å²) >= 11 is 0. The monoisotopic (exact) mass is 450 g/mol. The molecular formula is C25H20F2N2O4. The Labute approximate surface area is 188 Å². The van der Waals surface area contributed by atoms with Crippen LogP contribution >= 0.6 is 0 Å². The molecule has 0 aromatic heterocycles. The Morgan fingerprint density at radius 3 is 2.52 bits per heavy atom. The molecule has 0 saturated carbocycles. The summed E-state index contributed by atoms with van der Waals surface area (Å²) in [6, 6.07) is 20.2. The number of alkyl halides is 2. The lowest BCUT2D eigenvalue weighted by Crippen LogP contribution is -2.33. The number of halogens is 2. The van der Waals surface area contributed by atoms with Gasteiger partial charge in [0.25, 0.3) is 0 Å². The molecule has 168 valence electrons. The molecule has 8 heteroatoms. The number of ether oxygens (including phenoxy) is 4. The van der Waals surface area contributed by atoms with Gasteiger partial charge >= 0.3 is 6.61 Å².